The lowest BCUT2D eigenvalue weighted by Crippen LogP contribution is -2.21. The van der Waals surface area contributed by atoms with Crippen LogP contribution in [0, 0.1) is 13.8 Å². The predicted octanol–water partition coefficient (Wildman–Crippen LogP) is 2.60. The van der Waals surface area contributed by atoms with Crippen molar-refractivity contribution in [3.8, 4) is 11.5 Å². The molecule has 11 nitrogen and oxygen atoms in total. The number of ether oxygens (including phenoxy) is 7. The molecule has 2 aromatic rings. The summed E-state index contributed by atoms with van der Waals surface area (Å²) in [6.45, 7) is 7.18. The first-order valence-electron chi connectivity index (χ1n) is 13.9. The molecule has 2 aromatic carbocycles. The van der Waals surface area contributed by atoms with E-state index in [1.54, 1.807) is 24.3 Å². The molecule has 0 heterocycles. The van der Waals surface area contributed by atoms with Gasteiger partial charge < -0.3 is 53.6 Å². The lowest BCUT2D eigenvalue weighted by molar-refractivity contribution is -0.0789. The van der Waals surface area contributed by atoms with E-state index in [9.17, 15) is 10.2 Å². The Morgan fingerprint density at radius 3 is 1.24 bits per heavy atom. The Balaban J connectivity index is 1.98. The molecule has 0 radical (unpaired) electrons. The third-order valence-electron chi connectivity index (χ3n) is 6.09. The Kier molecular flexibility index (Phi) is 18.2. The van der Waals surface area contributed by atoms with Gasteiger partial charge in [-0.2, -0.15) is 0 Å². The van der Waals surface area contributed by atoms with Crippen LogP contribution < -0.4 is 0 Å². The summed E-state index contributed by atoms with van der Waals surface area (Å²) >= 11 is 0. The van der Waals surface area contributed by atoms with E-state index in [-0.39, 0.29) is 64.4 Å². The third-order valence-corrected chi connectivity index (χ3v) is 6.09. The van der Waals surface area contributed by atoms with Crippen LogP contribution in [0.5, 0.6) is 11.5 Å². The first-order chi connectivity index (χ1) is 20.0. The second kappa shape index (κ2) is 21.4. The number of phenols is 2. The Morgan fingerprint density at radius 2 is 0.878 bits per heavy atom. The Bertz CT molecular complexity index is 840. The molecule has 0 aliphatic carbocycles. The molecule has 2 rings (SSSR count). The zero-order valence-electron chi connectivity index (χ0n) is 24.2. The highest BCUT2D eigenvalue weighted by atomic mass is 16.6. The van der Waals surface area contributed by atoms with Crippen LogP contribution in [0.2, 0.25) is 0 Å². The van der Waals surface area contributed by atoms with E-state index in [1.165, 1.54) is 0 Å². The van der Waals surface area contributed by atoms with E-state index >= 15 is 0 Å². The van der Waals surface area contributed by atoms with Crippen molar-refractivity contribution in [3.63, 3.8) is 0 Å². The fraction of sp³-hybridized carbons (Fsp3) is 0.600. The molecule has 0 saturated heterocycles. The molecule has 0 saturated carbocycles. The fourth-order valence-corrected chi connectivity index (χ4v) is 4.15. The molecule has 0 aromatic heterocycles. The van der Waals surface area contributed by atoms with Crippen molar-refractivity contribution in [1.82, 2.24) is 0 Å². The van der Waals surface area contributed by atoms with E-state index in [0.29, 0.717) is 50.8 Å². The SMILES string of the molecule is Cc1cccc(O)c1C(COCC(OCCOCCOCCO)c1c(C)cccc1O)OCCOCCOCCO. The quantitative estimate of drug-likeness (QED) is 0.136. The molecule has 11 heteroatoms. The summed E-state index contributed by atoms with van der Waals surface area (Å²) in [4.78, 5) is 0. The van der Waals surface area contributed by atoms with Crippen molar-refractivity contribution in [2.45, 2.75) is 26.1 Å². The van der Waals surface area contributed by atoms with Crippen LogP contribution in [0.4, 0.5) is 0 Å². The summed E-state index contributed by atoms with van der Waals surface area (Å²) in [6.07, 6.45) is -1.14. The number of hydrogen-bond donors (Lipinski definition) is 4. The third kappa shape index (κ3) is 13.5. The van der Waals surface area contributed by atoms with E-state index < -0.39 is 12.2 Å². The molecule has 0 aliphatic heterocycles. The molecule has 0 amide bonds. The molecule has 4 N–H and O–H groups in total. The number of rotatable bonds is 24. The van der Waals surface area contributed by atoms with Crippen molar-refractivity contribution in [3.05, 3.63) is 58.7 Å². The topological polar surface area (TPSA) is 146 Å². The fourth-order valence-electron chi connectivity index (χ4n) is 4.15. The number of aromatic hydroxyl groups is 2. The molecule has 0 fully saturated rings. The van der Waals surface area contributed by atoms with E-state index in [2.05, 4.69) is 0 Å². The highest BCUT2D eigenvalue weighted by molar-refractivity contribution is 5.41. The van der Waals surface area contributed by atoms with Gasteiger partial charge in [0.2, 0.25) is 0 Å². The Hall–Kier alpha value is -2.32. The number of aliphatic hydroxyl groups excluding tert-OH is 2. The average molecular weight is 583 g/mol. The molecule has 2 unspecified atom stereocenters. The van der Waals surface area contributed by atoms with Gasteiger partial charge in [0.25, 0.3) is 0 Å². The highest BCUT2D eigenvalue weighted by Gasteiger charge is 2.23. The molecular weight excluding hydrogens is 536 g/mol. The van der Waals surface area contributed by atoms with Crippen LogP contribution in [-0.2, 0) is 33.2 Å². The minimum atomic E-state index is -0.571. The van der Waals surface area contributed by atoms with Crippen molar-refractivity contribution >= 4 is 0 Å². The van der Waals surface area contributed by atoms with Gasteiger partial charge in [-0.05, 0) is 37.1 Å². The van der Waals surface area contributed by atoms with Crippen molar-refractivity contribution in [2.75, 3.05) is 92.5 Å². The highest BCUT2D eigenvalue weighted by Crippen LogP contribution is 2.33. The van der Waals surface area contributed by atoms with Gasteiger partial charge in [0, 0.05) is 11.1 Å². The van der Waals surface area contributed by atoms with Gasteiger partial charge in [0.1, 0.15) is 23.7 Å². The summed E-state index contributed by atoms with van der Waals surface area (Å²) in [6, 6.07) is 10.6. The minimum absolute atomic E-state index is 0.0323. The molecule has 0 aliphatic rings. The van der Waals surface area contributed by atoms with E-state index in [1.807, 2.05) is 26.0 Å². The molecule has 2 atom stereocenters. The maximum Gasteiger partial charge on any atom is 0.121 e. The Morgan fingerprint density at radius 1 is 0.512 bits per heavy atom. The van der Waals surface area contributed by atoms with E-state index in [0.717, 1.165) is 11.1 Å². The van der Waals surface area contributed by atoms with Crippen LogP contribution in [-0.4, -0.2) is 113 Å². The van der Waals surface area contributed by atoms with Crippen LogP contribution in [0.1, 0.15) is 34.5 Å². The predicted molar refractivity (Wildman–Crippen MR) is 151 cm³/mol. The number of phenolic OH excluding ortho intramolecular Hbond substituents is 2. The lowest BCUT2D eigenvalue weighted by atomic mass is 10.0. The summed E-state index contributed by atoms with van der Waals surface area (Å²) in [5.74, 6) is 0.225. The van der Waals surface area contributed by atoms with Gasteiger partial charge in [-0.3, -0.25) is 0 Å². The lowest BCUT2D eigenvalue weighted by Gasteiger charge is -2.24. The van der Waals surface area contributed by atoms with Crippen LogP contribution in [0.3, 0.4) is 0 Å². The Labute approximate surface area is 242 Å². The zero-order valence-corrected chi connectivity index (χ0v) is 24.2. The summed E-state index contributed by atoms with van der Waals surface area (Å²) < 4.78 is 39.7. The van der Waals surface area contributed by atoms with E-state index in [4.69, 9.17) is 43.4 Å². The van der Waals surface area contributed by atoms with Gasteiger partial charge in [0.05, 0.1) is 92.5 Å². The first kappa shape index (κ1) is 34.9. The zero-order chi connectivity index (χ0) is 29.7. The average Bonchev–Trinajstić information content (AvgIpc) is 2.95. The largest absolute Gasteiger partial charge is 0.508 e. The molecule has 41 heavy (non-hydrogen) atoms. The molecular formula is C30H46O11. The summed E-state index contributed by atoms with van der Waals surface area (Å²) in [5, 5.41) is 38.7. The standard InChI is InChI=1S/C30H46O11/c1-23-5-3-7-25(33)29(23)27(40-19-17-37-15-13-35-11-9-31)21-39-22-28(30-24(2)6-4-8-26(30)34)41-20-18-38-16-14-36-12-10-32/h3-8,27-28,31-34H,9-22H2,1-2H3. The van der Waals surface area contributed by atoms with Crippen molar-refractivity contribution in [1.29, 1.82) is 0 Å². The summed E-state index contributed by atoms with van der Waals surface area (Å²) in [5.41, 5.74) is 2.99. The van der Waals surface area contributed by atoms with Gasteiger partial charge in [0.15, 0.2) is 0 Å². The smallest absolute Gasteiger partial charge is 0.121 e. The number of aliphatic hydroxyl groups is 2. The molecule has 0 bridgehead atoms. The number of hydrogen-bond acceptors (Lipinski definition) is 11. The number of benzene rings is 2. The van der Waals surface area contributed by atoms with Crippen molar-refractivity contribution < 1.29 is 53.6 Å². The normalized spacial score (nSPS) is 13.0. The molecule has 232 valence electrons. The minimum Gasteiger partial charge on any atom is -0.508 e. The van der Waals surface area contributed by atoms with Crippen LogP contribution >= 0.6 is 0 Å². The van der Waals surface area contributed by atoms with Crippen LogP contribution in [0.15, 0.2) is 36.4 Å². The van der Waals surface area contributed by atoms with Gasteiger partial charge in [-0.15, -0.1) is 0 Å². The second-order valence-corrected chi connectivity index (χ2v) is 9.17. The summed E-state index contributed by atoms with van der Waals surface area (Å²) in [7, 11) is 0. The van der Waals surface area contributed by atoms with Gasteiger partial charge in [-0.25, -0.2) is 0 Å². The maximum absolute atomic E-state index is 10.6. The van der Waals surface area contributed by atoms with Gasteiger partial charge >= 0.3 is 0 Å². The maximum atomic E-state index is 10.6. The monoisotopic (exact) mass is 582 g/mol. The van der Waals surface area contributed by atoms with Gasteiger partial charge in [-0.1, -0.05) is 24.3 Å². The first-order valence-corrected chi connectivity index (χ1v) is 13.9. The molecule has 0 spiro atoms. The van der Waals surface area contributed by atoms with Crippen molar-refractivity contribution in [2.24, 2.45) is 0 Å². The number of aryl methyl sites for hydroxylation is 2. The second-order valence-electron chi connectivity index (χ2n) is 9.17. The van der Waals surface area contributed by atoms with Crippen LogP contribution in [0.25, 0.3) is 0 Å².